The summed E-state index contributed by atoms with van der Waals surface area (Å²) in [4.78, 5) is 12.1. The molecule has 0 fully saturated rings. The minimum absolute atomic E-state index is 0.182. The number of amides is 1. The topological polar surface area (TPSA) is 76.6 Å². The minimum atomic E-state index is -0.182. The molecule has 2 aromatic carbocycles. The van der Waals surface area contributed by atoms with Crippen LogP contribution in [0.3, 0.4) is 0 Å². The van der Waals surface area contributed by atoms with Gasteiger partial charge in [-0.1, -0.05) is 29.8 Å². The zero-order chi connectivity index (χ0) is 14.8. The maximum atomic E-state index is 12.1. The normalized spacial score (nSPS) is 12.8. The maximum Gasteiger partial charge on any atom is 0.251 e. The van der Waals surface area contributed by atoms with E-state index in [2.05, 4.69) is 16.3 Å². The SMILES string of the molecule is Cc1ccc(CNC(=O)c2ccc3c(c2)N(O)NN3)cc1. The Balaban J connectivity index is 1.68. The molecule has 3 rings (SSSR count). The van der Waals surface area contributed by atoms with Gasteiger partial charge in [0.15, 0.2) is 0 Å². The quantitative estimate of drug-likeness (QED) is 0.693. The lowest BCUT2D eigenvalue weighted by Gasteiger charge is -2.09. The number of hydrogen-bond donors (Lipinski definition) is 4. The summed E-state index contributed by atoms with van der Waals surface area (Å²) in [5.41, 5.74) is 9.24. The van der Waals surface area contributed by atoms with E-state index in [0.29, 0.717) is 23.5 Å². The van der Waals surface area contributed by atoms with Crippen LogP contribution in [0.5, 0.6) is 0 Å². The molecule has 4 N–H and O–H groups in total. The Morgan fingerprint density at radius 2 is 2.00 bits per heavy atom. The predicted molar refractivity (Wildman–Crippen MR) is 79.8 cm³/mol. The molecule has 6 nitrogen and oxygen atoms in total. The van der Waals surface area contributed by atoms with Crippen LogP contribution in [-0.2, 0) is 6.54 Å². The first kappa shape index (κ1) is 13.4. The molecule has 0 unspecified atom stereocenters. The number of nitrogens with one attached hydrogen (secondary N) is 3. The Hall–Kier alpha value is -2.57. The average Bonchev–Trinajstić information content (AvgIpc) is 2.87. The van der Waals surface area contributed by atoms with E-state index >= 15 is 0 Å². The van der Waals surface area contributed by atoms with Crippen molar-refractivity contribution in [1.82, 2.24) is 10.9 Å². The van der Waals surface area contributed by atoms with Gasteiger partial charge in [-0.3, -0.25) is 15.4 Å². The molecule has 0 aliphatic carbocycles. The fourth-order valence-corrected chi connectivity index (χ4v) is 2.12. The highest BCUT2D eigenvalue weighted by Crippen LogP contribution is 2.28. The fourth-order valence-electron chi connectivity index (χ4n) is 2.12. The fraction of sp³-hybridized carbons (Fsp3) is 0.133. The predicted octanol–water partition coefficient (Wildman–Crippen LogP) is 1.97. The van der Waals surface area contributed by atoms with Crippen molar-refractivity contribution in [3.8, 4) is 0 Å². The van der Waals surface area contributed by atoms with Gasteiger partial charge in [-0.05, 0) is 30.7 Å². The zero-order valence-corrected chi connectivity index (χ0v) is 11.6. The van der Waals surface area contributed by atoms with Crippen molar-refractivity contribution in [1.29, 1.82) is 0 Å². The van der Waals surface area contributed by atoms with Crippen molar-refractivity contribution < 1.29 is 10.0 Å². The van der Waals surface area contributed by atoms with Crippen molar-refractivity contribution in [2.24, 2.45) is 0 Å². The second kappa shape index (κ2) is 5.43. The summed E-state index contributed by atoms with van der Waals surface area (Å²) >= 11 is 0. The van der Waals surface area contributed by atoms with Crippen LogP contribution in [-0.4, -0.2) is 11.1 Å². The lowest BCUT2D eigenvalue weighted by Crippen LogP contribution is -2.32. The highest BCUT2D eigenvalue weighted by Gasteiger charge is 2.18. The highest BCUT2D eigenvalue weighted by molar-refractivity contribution is 5.96. The minimum Gasteiger partial charge on any atom is -0.348 e. The first-order valence-corrected chi connectivity index (χ1v) is 6.62. The lowest BCUT2D eigenvalue weighted by atomic mass is 10.1. The van der Waals surface area contributed by atoms with Crippen molar-refractivity contribution >= 4 is 17.3 Å². The molecule has 1 amide bonds. The van der Waals surface area contributed by atoms with Crippen molar-refractivity contribution in [2.75, 3.05) is 10.6 Å². The summed E-state index contributed by atoms with van der Waals surface area (Å²) in [5, 5.41) is 13.2. The van der Waals surface area contributed by atoms with Crippen LogP contribution < -0.4 is 21.4 Å². The van der Waals surface area contributed by atoms with Crippen molar-refractivity contribution in [3.05, 3.63) is 59.2 Å². The highest BCUT2D eigenvalue weighted by atomic mass is 16.6. The Labute approximate surface area is 122 Å². The van der Waals surface area contributed by atoms with Gasteiger partial charge in [0.1, 0.15) is 5.69 Å². The van der Waals surface area contributed by atoms with Gasteiger partial charge in [0.25, 0.3) is 5.91 Å². The Kier molecular flexibility index (Phi) is 3.47. The van der Waals surface area contributed by atoms with Crippen LogP contribution in [0, 0.1) is 6.92 Å². The molecular formula is C15H16N4O2. The molecule has 0 radical (unpaired) electrons. The van der Waals surface area contributed by atoms with Crippen LogP contribution in [0.1, 0.15) is 21.5 Å². The van der Waals surface area contributed by atoms with Crippen LogP contribution in [0.4, 0.5) is 11.4 Å². The molecule has 0 saturated heterocycles. The number of nitrogens with zero attached hydrogens (tertiary/aromatic N) is 1. The van der Waals surface area contributed by atoms with Gasteiger partial charge in [0, 0.05) is 12.1 Å². The van der Waals surface area contributed by atoms with Gasteiger partial charge in [0.05, 0.1) is 5.69 Å². The van der Waals surface area contributed by atoms with E-state index in [4.69, 9.17) is 0 Å². The molecule has 6 heteroatoms. The van der Waals surface area contributed by atoms with E-state index in [0.717, 1.165) is 10.7 Å². The molecule has 21 heavy (non-hydrogen) atoms. The first-order valence-electron chi connectivity index (χ1n) is 6.62. The van der Waals surface area contributed by atoms with E-state index in [9.17, 15) is 10.0 Å². The van der Waals surface area contributed by atoms with Crippen LogP contribution in [0.2, 0.25) is 0 Å². The van der Waals surface area contributed by atoms with E-state index in [-0.39, 0.29) is 5.91 Å². The van der Waals surface area contributed by atoms with Gasteiger partial charge in [-0.25, -0.2) is 0 Å². The summed E-state index contributed by atoms with van der Waals surface area (Å²) in [6, 6.07) is 13.1. The maximum absolute atomic E-state index is 12.1. The van der Waals surface area contributed by atoms with E-state index in [1.807, 2.05) is 31.2 Å². The number of fused-ring (bicyclic) bond motifs is 1. The molecule has 0 atom stereocenters. The summed E-state index contributed by atoms with van der Waals surface area (Å²) < 4.78 is 0. The number of carbonyl (C=O) groups excluding carboxylic acids is 1. The van der Waals surface area contributed by atoms with E-state index in [1.165, 1.54) is 5.56 Å². The van der Waals surface area contributed by atoms with Gasteiger partial charge in [0.2, 0.25) is 0 Å². The number of anilines is 2. The molecule has 1 aliphatic heterocycles. The molecular weight excluding hydrogens is 268 g/mol. The lowest BCUT2D eigenvalue weighted by molar-refractivity contribution is 0.0951. The number of carbonyl (C=O) groups is 1. The molecule has 0 saturated carbocycles. The zero-order valence-electron chi connectivity index (χ0n) is 11.6. The third-order valence-electron chi connectivity index (χ3n) is 3.36. The number of rotatable bonds is 3. The second-order valence-corrected chi connectivity index (χ2v) is 4.95. The summed E-state index contributed by atoms with van der Waals surface area (Å²) in [6.07, 6.45) is 0. The molecule has 0 spiro atoms. The molecule has 2 aromatic rings. The van der Waals surface area contributed by atoms with Crippen LogP contribution in [0.25, 0.3) is 0 Å². The summed E-state index contributed by atoms with van der Waals surface area (Å²) in [6.45, 7) is 2.49. The smallest absolute Gasteiger partial charge is 0.251 e. The van der Waals surface area contributed by atoms with Gasteiger partial charge in [-0.2, -0.15) is 5.17 Å². The molecule has 1 heterocycles. The van der Waals surface area contributed by atoms with E-state index < -0.39 is 0 Å². The largest absolute Gasteiger partial charge is 0.348 e. The van der Waals surface area contributed by atoms with Crippen molar-refractivity contribution in [3.63, 3.8) is 0 Å². The van der Waals surface area contributed by atoms with Gasteiger partial charge in [-0.15, -0.1) is 5.53 Å². The van der Waals surface area contributed by atoms with Crippen LogP contribution >= 0.6 is 0 Å². The molecule has 1 aliphatic rings. The van der Waals surface area contributed by atoms with Crippen LogP contribution in [0.15, 0.2) is 42.5 Å². The number of aryl methyl sites for hydroxylation is 1. The number of benzene rings is 2. The van der Waals surface area contributed by atoms with Gasteiger partial charge >= 0.3 is 0 Å². The second-order valence-electron chi connectivity index (χ2n) is 4.95. The number of hydrazine groups is 2. The Morgan fingerprint density at radius 1 is 1.24 bits per heavy atom. The van der Waals surface area contributed by atoms with Gasteiger partial charge < -0.3 is 5.32 Å². The third-order valence-corrected chi connectivity index (χ3v) is 3.36. The number of hydrogen-bond acceptors (Lipinski definition) is 5. The molecule has 108 valence electrons. The Bertz CT molecular complexity index is 670. The van der Waals surface area contributed by atoms with E-state index in [1.54, 1.807) is 18.2 Å². The summed E-state index contributed by atoms with van der Waals surface area (Å²) in [5.74, 6) is -0.182. The Morgan fingerprint density at radius 3 is 2.76 bits per heavy atom. The summed E-state index contributed by atoms with van der Waals surface area (Å²) in [7, 11) is 0. The first-order chi connectivity index (χ1) is 10.1. The molecule has 0 bridgehead atoms. The standard InChI is InChI=1S/C15H16N4O2/c1-10-2-4-11(5-3-10)9-16-15(20)12-6-7-13-14(8-12)19(21)18-17-13/h2-8,17-18,21H,9H2,1H3,(H,16,20). The molecule has 0 aromatic heterocycles. The van der Waals surface area contributed by atoms with Crippen molar-refractivity contribution in [2.45, 2.75) is 13.5 Å². The monoisotopic (exact) mass is 284 g/mol. The third kappa shape index (κ3) is 2.81. The average molecular weight is 284 g/mol.